The zero-order chi connectivity index (χ0) is 13.8. The van der Waals surface area contributed by atoms with Gasteiger partial charge >= 0.3 is 0 Å². The summed E-state index contributed by atoms with van der Waals surface area (Å²) in [6.07, 6.45) is 3.49. The lowest BCUT2D eigenvalue weighted by molar-refractivity contribution is 0.0151. The van der Waals surface area contributed by atoms with Crippen molar-refractivity contribution in [3.63, 3.8) is 0 Å². The predicted octanol–water partition coefficient (Wildman–Crippen LogP) is 2.50. The topological polar surface area (TPSA) is 38.5 Å². The number of nitrogens with two attached hydrogens (primary N) is 1. The molecule has 0 saturated carbocycles. The molecule has 1 saturated heterocycles. The highest BCUT2D eigenvalue weighted by Crippen LogP contribution is 2.35. The van der Waals surface area contributed by atoms with Gasteiger partial charge in [0.2, 0.25) is 0 Å². The van der Waals surface area contributed by atoms with E-state index in [4.69, 9.17) is 10.5 Å². The van der Waals surface area contributed by atoms with Gasteiger partial charge in [0.25, 0.3) is 0 Å². The lowest BCUT2D eigenvalue weighted by Crippen LogP contribution is -2.59. The average Bonchev–Trinajstić information content (AvgIpc) is 2.84. The number of ether oxygens (including phenoxy) is 1. The maximum atomic E-state index is 6.17. The van der Waals surface area contributed by atoms with Crippen LogP contribution in [0.5, 0.6) is 0 Å². The van der Waals surface area contributed by atoms with Crippen molar-refractivity contribution in [2.75, 3.05) is 26.8 Å². The molecule has 18 heavy (non-hydrogen) atoms. The molecule has 1 rings (SSSR count). The Labute approximate surface area is 113 Å². The van der Waals surface area contributed by atoms with Gasteiger partial charge in [-0.25, -0.2) is 0 Å². The summed E-state index contributed by atoms with van der Waals surface area (Å²) in [6.45, 7) is 11.7. The second kappa shape index (κ2) is 6.88. The van der Waals surface area contributed by atoms with E-state index in [1.54, 1.807) is 0 Å². The number of hydrogen-bond donors (Lipinski definition) is 1. The number of likely N-dealkylation sites (N-methyl/N-ethyl adjacent to an activating group) is 1. The van der Waals surface area contributed by atoms with Gasteiger partial charge in [-0.2, -0.15) is 0 Å². The first kappa shape index (κ1) is 15.9. The van der Waals surface area contributed by atoms with Crippen molar-refractivity contribution in [2.24, 2.45) is 17.6 Å². The summed E-state index contributed by atoms with van der Waals surface area (Å²) in [4.78, 5) is 2.53. The molecular weight excluding hydrogens is 224 g/mol. The van der Waals surface area contributed by atoms with E-state index in [0.29, 0.717) is 12.0 Å². The van der Waals surface area contributed by atoms with Crippen molar-refractivity contribution in [3.8, 4) is 0 Å². The summed E-state index contributed by atoms with van der Waals surface area (Å²) < 4.78 is 5.60. The minimum atomic E-state index is 0.116. The normalized spacial score (nSPS) is 25.7. The van der Waals surface area contributed by atoms with Crippen LogP contribution >= 0.6 is 0 Å². The van der Waals surface area contributed by atoms with E-state index in [0.717, 1.165) is 38.5 Å². The fourth-order valence-corrected chi connectivity index (χ4v) is 3.52. The van der Waals surface area contributed by atoms with Gasteiger partial charge in [0.15, 0.2) is 0 Å². The van der Waals surface area contributed by atoms with E-state index in [1.165, 1.54) is 6.42 Å². The van der Waals surface area contributed by atoms with E-state index >= 15 is 0 Å². The van der Waals surface area contributed by atoms with Crippen LogP contribution in [-0.2, 0) is 4.74 Å². The summed E-state index contributed by atoms with van der Waals surface area (Å²) in [7, 11) is 2.25. The molecule has 1 fully saturated rings. The number of nitrogens with zero attached hydrogens (tertiary/aromatic N) is 1. The third-order valence-electron chi connectivity index (χ3n) is 4.83. The molecule has 1 aliphatic rings. The summed E-state index contributed by atoms with van der Waals surface area (Å²) in [5.41, 5.74) is 6.29. The maximum Gasteiger partial charge on any atom is 0.0513 e. The lowest BCUT2D eigenvalue weighted by Gasteiger charge is -2.48. The molecule has 3 atom stereocenters. The van der Waals surface area contributed by atoms with Crippen LogP contribution in [0.1, 0.15) is 47.0 Å². The Morgan fingerprint density at radius 3 is 2.44 bits per heavy atom. The Morgan fingerprint density at radius 2 is 2.06 bits per heavy atom. The van der Waals surface area contributed by atoms with Crippen LogP contribution in [0, 0.1) is 11.8 Å². The Kier molecular flexibility index (Phi) is 6.09. The van der Waals surface area contributed by atoms with Crippen LogP contribution in [0.4, 0.5) is 0 Å². The Hall–Kier alpha value is -0.120. The molecule has 0 aliphatic carbocycles. The van der Waals surface area contributed by atoms with Gasteiger partial charge in [0.1, 0.15) is 0 Å². The Balaban J connectivity index is 2.81. The van der Waals surface area contributed by atoms with Crippen LogP contribution < -0.4 is 5.73 Å². The fraction of sp³-hybridized carbons (Fsp3) is 1.00. The van der Waals surface area contributed by atoms with Gasteiger partial charge in [0, 0.05) is 30.7 Å². The minimum absolute atomic E-state index is 0.116. The molecule has 1 aliphatic heterocycles. The first-order valence-corrected chi connectivity index (χ1v) is 7.48. The van der Waals surface area contributed by atoms with Crippen LogP contribution in [0.15, 0.2) is 0 Å². The monoisotopic (exact) mass is 256 g/mol. The van der Waals surface area contributed by atoms with Crippen molar-refractivity contribution < 1.29 is 4.74 Å². The molecule has 1 heterocycles. The second-order valence-corrected chi connectivity index (χ2v) is 6.31. The lowest BCUT2D eigenvalue weighted by atomic mass is 9.78. The van der Waals surface area contributed by atoms with Gasteiger partial charge < -0.3 is 10.5 Å². The van der Waals surface area contributed by atoms with Crippen LogP contribution in [0.2, 0.25) is 0 Å². The fourth-order valence-electron chi connectivity index (χ4n) is 3.52. The first-order valence-electron chi connectivity index (χ1n) is 7.48. The van der Waals surface area contributed by atoms with E-state index in [9.17, 15) is 0 Å². The smallest absolute Gasteiger partial charge is 0.0513 e. The summed E-state index contributed by atoms with van der Waals surface area (Å²) in [5.74, 6) is 1.32. The third-order valence-corrected chi connectivity index (χ3v) is 4.83. The molecule has 0 aromatic heterocycles. The summed E-state index contributed by atoms with van der Waals surface area (Å²) in [5, 5.41) is 0. The van der Waals surface area contributed by atoms with E-state index in [2.05, 4.69) is 39.6 Å². The van der Waals surface area contributed by atoms with Crippen molar-refractivity contribution in [1.82, 2.24) is 4.90 Å². The molecule has 0 aromatic carbocycles. The molecule has 0 bridgehead atoms. The number of rotatable bonds is 7. The van der Waals surface area contributed by atoms with Gasteiger partial charge in [-0.05, 0) is 39.2 Å². The molecule has 0 spiro atoms. The standard InChI is InChI=1S/C15H32N2O/c1-6-15(11-16,14-7-8-18-10-14)17(5)13(4)9-12(2)3/h12-14H,6-11,16H2,1-5H3. The van der Waals surface area contributed by atoms with Gasteiger partial charge in [-0.15, -0.1) is 0 Å². The van der Waals surface area contributed by atoms with E-state index in [-0.39, 0.29) is 5.54 Å². The third kappa shape index (κ3) is 3.25. The van der Waals surface area contributed by atoms with Crippen molar-refractivity contribution in [3.05, 3.63) is 0 Å². The van der Waals surface area contributed by atoms with Crippen LogP contribution in [0.25, 0.3) is 0 Å². The van der Waals surface area contributed by atoms with Crippen molar-refractivity contribution in [2.45, 2.75) is 58.5 Å². The molecular formula is C15H32N2O. The largest absolute Gasteiger partial charge is 0.381 e. The maximum absolute atomic E-state index is 6.17. The molecule has 3 nitrogen and oxygen atoms in total. The molecule has 108 valence electrons. The highest BCUT2D eigenvalue weighted by molar-refractivity contribution is 4.98. The molecule has 3 unspecified atom stereocenters. The highest BCUT2D eigenvalue weighted by atomic mass is 16.5. The van der Waals surface area contributed by atoms with Gasteiger partial charge in [-0.1, -0.05) is 20.8 Å². The molecule has 0 amide bonds. The van der Waals surface area contributed by atoms with Crippen molar-refractivity contribution >= 4 is 0 Å². The van der Waals surface area contributed by atoms with E-state index in [1.807, 2.05) is 0 Å². The average molecular weight is 256 g/mol. The zero-order valence-corrected chi connectivity index (χ0v) is 12.9. The van der Waals surface area contributed by atoms with E-state index < -0.39 is 0 Å². The zero-order valence-electron chi connectivity index (χ0n) is 12.9. The van der Waals surface area contributed by atoms with Crippen LogP contribution in [0.3, 0.4) is 0 Å². The second-order valence-electron chi connectivity index (χ2n) is 6.31. The number of hydrogen-bond acceptors (Lipinski definition) is 3. The summed E-state index contributed by atoms with van der Waals surface area (Å²) >= 11 is 0. The van der Waals surface area contributed by atoms with Gasteiger partial charge in [-0.3, -0.25) is 4.90 Å². The highest BCUT2D eigenvalue weighted by Gasteiger charge is 2.43. The minimum Gasteiger partial charge on any atom is -0.381 e. The first-order chi connectivity index (χ1) is 8.47. The van der Waals surface area contributed by atoms with Crippen molar-refractivity contribution in [1.29, 1.82) is 0 Å². The quantitative estimate of drug-likeness (QED) is 0.760. The SMILES string of the molecule is CCC(CN)(C1CCOC1)N(C)C(C)CC(C)C. The molecule has 0 aromatic rings. The van der Waals surface area contributed by atoms with Crippen LogP contribution in [-0.4, -0.2) is 43.3 Å². The Morgan fingerprint density at radius 1 is 1.39 bits per heavy atom. The molecule has 3 heteroatoms. The molecule has 0 radical (unpaired) electrons. The van der Waals surface area contributed by atoms with Gasteiger partial charge in [0.05, 0.1) is 6.61 Å². The predicted molar refractivity (Wildman–Crippen MR) is 77.7 cm³/mol. The Bertz CT molecular complexity index is 233. The molecule has 2 N–H and O–H groups in total. The summed E-state index contributed by atoms with van der Waals surface area (Å²) in [6, 6.07) is 0.578.